The third-order valence-electron chi connectivity index (χ3n) is 2.69. The Balaban J connectivity index is 1.85. The van der Waals surface area contributed by atoms with Crippen molar-refractivity contribution in [1.29, 1.82) is 0 Å². The molecule has 1 aliphatic rings. The second kappa shape index (κ2) is 5.38. The third kappa shape index (κ3) is 3.01. The summed E-state index contributed by atoms with van der Waals surface area (Å²) in [5.41, 5.74) is 1.02. The van der Waals surface area contributed by atoms with E-state index in [1.54, 1.807) is 4.68 Å². The Morgan fingerprint density at radius 2 is 2.50 bits per heavy atom. The van der Waals surface area contributed by atoms with Crippen LogP contribution in [0, 0.1) is 0 Å². The van der Waals surface area contributed by atoms with Gasteiger partial charge in [0.2, 0.25) is 0 Å². The van der Waals surface area contributed by atoms with Crippen molar-refractivity contribution in [3.8, 4) is 0 Å². The number of rotatable bonds is 4. The van der Waals surface area contributed by atoms with Crippen LogP contribution in [0.4, 0.5) is 0 Å². The lowest BCUT2D eigenvalue weighted by Crippen LogP contribution is -2.45. The first kappa shape index (κ1) is 11.5. The molecule has 1 atom stereocenters. The molecular weight excluding hydrogens is 206 g/mol. The molecule has 6 heteroatoms. The van der Waals surface area contributed by atoms with Gasteiger partial charge < -0.3 is 10.1 Å². The highest BCUT2D eigenvalue weighted by Crippen LogP contribution is 2.08. The summed E-state index contributed by atoms with van der Waals surface area (Å²) in [5, 5.41) is 11.2. The third-order valence-corrected chi connectivity index (χ3v) is 2.69. The fourth-order valence-electron chi connectivity index (χ4n) is 1.97. The zero-order valence-corrected chi connectivity index (χ0v) is 9.89. The topological polar surface area (TPSA) is 55.2 Å². The predicted octanol–water partition coefficient (Wildman–Crippen LogP) is -0.765. The lowest BCUT2D eigenvalue weighted by Gasteiger charge is -2.32. The molecule has 1 N–H and O–H groups in total. The Kier molecular flexibility index (Phi) is 3.87. The number of ether oxygens (including phenoxy) is 1. The molecule has 1 saturated heterocycles. The number of hydrogen-bond acceptors (Lipinski definition) is 5. The van der Waals surface area contributed by atoms with Crippen molar-refractivity contribution in [3.05, 3.63) is 11.9 Å². The van der Waals surface area contributed by atoms with E-state index in [1.807, 2.05) is 20.3 Å². The standard InChI is InChI=1S/C10H19N5O/c1-11-5-10-8-15(3-4-16-10)7-9-6-14(2)13-12-9/h6,10-11H,3-5,7-8H2,1-2H3. The first-order valence-electron chi connectivity index (χ1n) is 5.61. The van der Waals surface area contributed by atoms with Gasteiger partial charge in [0.15, 0.2) is 0 Å². The fourth-order valence-corrected chi connectivity index (χ4v) is 1.97. The van der Waals surface area contributed by atoms with E-state index >= 15 is 0 Å². The molecule has 0 aliphatic carbocycles. The largest absolute Gasteiger partial charge is 0.374 e. The van der Waals surface area contributed by atoms with Crippen LogP contribution >= 0.6 is 0 Å². The van der Waals surface area contributed by atoms with Crippen LogP contribution in [0.15, 0.2) is 6.20 Å². The van der Waals surface area contributed by atoms with E-state index in [0.29, 0.717) is 0 Å². The van der Waals surface area contributed by atoms with E-state index in [-0.39, 0.29) is 6.10 Å². The van der Waals surface area contributed by atoms with Crippen LogP contribution in [0.5, 0.6) is 0 Å². The summed E-state index contributed by atoms with van der Waals surface area (Å²) in [6.07, 6.45) is 2.25. The summed E-state index contributed by atoms with van der Waals surface area (Å²) in [6.45, 7) is 4.48. The van der Waals surface area contributed by atoms with Gasteiger partial charge in [-0.15, -0.1) is 5.10 Å². The molecule has 1 aliphatic heterocycles. The minimum atomic E-state index is 0.287. The zero-order chi connectivity index (χ0) is 11.4. The van der Waals surface area contributed by atoms with Crippen LogP contribution in [0.3, 0.4) is 0 Å². The maximum absolute atomic E-state index is 5.65. The summed E-state index contributed by atoms with van der Waals surface area (Å²) in [4.78, 5) is 2.36. The summed E-state index contributed by atoms with van der Waals surface area (Å²) in [7, 11) is 3.84. The summed E-state index contributed by atoms with van der Waals surface area (Å²) in [6, 6.07) is 0. The van der Waals surface area contributed by atoms with Gasteiger partial charge in [-0.3, -0.25) is 9.58 Å². The lowest BCUT2D eigenvalue weighted by atomic mass is 10.2. The molecule has 6 nitrogen and oxygen atoms in total. The van der Waals surface area contributed by atoms with Gasteiger partial charge >= 0.3 is 0 Å². The Labute approximate surface area is 95.6 Å². The molecule has 1 fully saturated rings. The molecule has 0 radical (unpaired) electrons. The van der Waals surface area contributed by atoms with Crippen LogP contribution < -0.4 is 5.32 Å². The first-order valence-corrected chi connectivity index (χ1v) is 5.61. The SMILES string of the molecule is CNCC1CN(Cc2cn(C)nn2)CCO1. The monoisotopic (exact) mass is 225 g/mol. The first-order chi connectivity index (χ1) is 7.78. The number of hydrogen-bond donors (Lipinski definition) is 1. The summed E-state index contributed by atoms with van der Waals surface area (Å²) >= 11 is 0. The molecule has 90 valence electrons. The van der Waals surface area contributed by atoms with Gasteiger partial charge in [0.05, 0.1) is 18.4 Å². The highest BCUT2D eigenvalue weighted by molar-refractivity contribution is 4.92. The van der Waals surface area contributed by atoms with Gasteiger partial charge in [-0.05, 0) is 7.05 Å². The van der Waals surface area contributed by atoms with E-state index in [9.17, 15) is 0 Å². The fraction of sp³-hybridized carbons (Fsp3) is 0.800. The quantitative estimate of drug-likeness (QED) is 0.729. The van der Waals surface area contributed by atoms with Crippen molar-refractivity contribution in [3.63, 3.8) is 0 Å². The van der Waals surface area contributed by atoms with Gasteiger partial charge in [0, 0.05) is 39.4 Å². The molecule has 0 saturated carbocycles. The Bertz CT molecular complexity index is 325. The van der Waals surface area contributed by atoms with E-state index in [1.165, 1.54) is 0 Å². The van der Waals surface area contributed by atoms with Crippen LogP contribution in [0.1, 0.15) is 5.69 Å². The second-order valence-corrected chi connectivity index (χ2v) is 4.17. The van der Waals surface area contributed by atoms with Gasteiger partial charge in [0.25, 0.3) is 0 Å². The average Bonchev–Trinajstić information content (AvgIpc) is 2.65. The van der Waals surface area contributed by atoms with Crippen LogP contribution in [-0.2, 0) is 18.3 Å². The highest BCUT2D eigenvalue weighted by atomic mass is 16.5. The Hall–Kier alpha value is -0.980. The number of aryl methyl sites for hydroxylation is 1. The highest BCUT2D eigenvalue weighted by Gasteiger charge is 2.20. The zero-order valence-electron chi connectivity index (χ0n) is 9.89. The van der Waals surface area contributed by atoms with Crippen molar-refractivity contribution in [1.82, 2.24) is 25.2 Å². The van der Waals surface area contributed by atoms with E-state index in [2.05, 4.69) is 20.5 Å². The van der Waals surface area contributed by atoms with Crippen molar-refractivity contribution >= 4 is 0 Å². The minimum absolute atomic E-state index is 0.287. The lowest BCUT2D eigenvalue weighted by molar-refractivity contribution is -0.0295. The van der Waals surface area contributed by atoms with Gasteiger partial charge in [-0.1, -0.05) is 5.21 Å². The van der Waals surface area contributed by atoms with E-state index < -0.39 is 0 Å². The second-order valence-electron chi connectivity index (χ2n) is 4.17. The predicted molar refractivity (Wildman–Crippen MR) is 59.9 cm³/mol. The molecule has 0 spiro atoms. The number of morpholine rings is 1. The van der Waals surface area contributed by atoms with Crippen molar-refractivity contribution in [2.45, 2.75) is 12.6 Å². The summed E-state index contributed by atoms with van der Waals surface area (Å²) in [5.74, 6) is 0. The molecule has 1 unspecified atom stereocenters. The molecule has 1 aromatic rings. The number of likely N-dealkylation sites (N-methyl/N-ethyl adjacent to an activating group) is 1. The van der Waals surface area contributed by atoms with Crippen molar-refractivity contribution < 1.29 is 4.74 Å². The molecule has 0 amide bonds. The molecule has 2 heterocycles. The van der Waals surface area contributed by atoms with Crippen LogP contribution in [-0.4, -0.2) is 59.3 Å². The summed E-state index contributed by atoms with van der Waals surface area (Å²) < 4.78 is 7.38. The molecule has 0 bridgehead atoms. The Morgan fingerprint density at radius 1 is 1.62 bits per heavy atom. The molecule has 2 rings (SSSR count). The maximum atomic E-state index is 5.65. The number of nitrogens with one attached hydrogen (secondary N) is 1. The normalized spacial score (nSPS) is 22.5. The average molecular weight is 225 g/mol. The van der Waals surface area contributed by atoms with Crippen molar-refractivity contribution in [2.75, 3.05) is 33.3 Å². The maximum Gasteiger partial charge on any atom is 0.0967 e. The molecule has 0 aromatic carbocycles. The van der Waals surface area contributed by atoms with Gasteiger partial charge in [-0.25, -0.2) is 0 Å². The molecule has 1 aromatic heterocycles. The number of aromatic nitrogens is 3. The molecular formula is C10H19N5O. The van der Waals surface area contributed by atoms with Gasteiger partial charge in [-0.2, -0.15) is 0 Å². The van der Waals surface area contributed by atoms with E-state index in [0.717, 1.165) is 38.5 Å². The van der Waals surface area contributed by atoms with Gasteiger partial charge in [0.1, 0.15) is 0 Å². The smallest absolute Gasteiger partial charge is 0.0967 e. The van der Waals surface area contributed by atoms with E-state index in [4.69, 9.17) is 4.74 Å². The van der Waals surface area contributed by atoms with Crippen molar-refractivity contribution in [2.24, 2.45) is 7.05 Å². The number of nitrogens with zero attached hydrogens (tertiary/aromatic N) is 4. The van der Waals surface area contributed by atoms with Crippen LogP contribution in [0.2, 0.25) is 0 Å². The molecule has 16 heavy (non-hydrogen) atoms. The Morgan fingerprint density at radius 3 is 3.19 bits per heavy atom. The minimum Gasteiger partial charge on any atom is -0.374 e. The van der Waals surface area contributed by atoms with Crippen LogP contribution in [0.25, 0.3) is 0 Å².